The van der Waals surface area contributed by atoms with Gasteiger partial charge >= 0.3 is 0 Å². The molecule has 1 heterocycles. The second-order valence-corrected chi connectivity index (χ2v) is 6.95. The Morgan fingerprint density at radius 2 is 2.09 bits per heavy atom. The van der Waals surface area contributed by atoms with Gasteiger partial charge < -0.3 is 14.7 Å². The van der Waals surface area contributed by atoms with Crippen molar-refractivity contribution in [1.29, 1.82) is 0 Å². The van der Waals surface area contributed by atoms with E-state index in [0.29, 0.717) is 37.6 Å². The molecule has 0 bridgehead atoms. The number of aliphatic hydroxyl groups is 1. The number of hydrogen-bond acceptors (Lipinski definition) is 3. The molecule has 5 heteroatoms. The monoisotopic (exact) mass is 337 g/mol. The number of halogens is 1. The maximum Gasteiger partial charge on any atom is 0.223 e. The van der Waals surface area contributed by atoms with Gasteiger partial charge in [-0.25, -0.2) is 0 Å². The highest BCUT2D eigenvalue weighted by atomic mass is 35.5. The third-order valence-electron chi connectivity index (χ3n) is 5.05. The summed E-state index contributed by atoms with van der Waals surface area (Å²) in [5, 5.41) is 10.9. The van der Waals surface area contributed by atoms with Crippen LogP contribution in [-0.2, 0) is 16.0 Å². The smallest absolute Gasteiger partial charge is 0.223 e. The first-order valence-electron chi connectivity index (χ1n) is 8.45. The summed E-state index contributed by atoms with van der Waals surface area (Å²) in [6, 6.07) is 7.67. The van der Waals surface area contributed by atoms with Crippen LogP contribution >= 0.6 is 11.6 Å². The van der Waals surface area contributed by atoms with Crippen LogP contribution in [0.1, 0.15) is 31.2 Å². The van der Waals surface area contributed by atoms with Gasteiger partial charge in [0.15, 0.2) is 0 Å². The Labute approximate surface area is 142 Å². The number of carbonyl (C=O) groups excluding carboxylic acids is 1. The number of ether oxygens (including phenoxy) is 1. The van der Waals surface area contributed by atoms with E-state index in [1.54, 1.807) is 0 Å². The lowest BCUT2D eigenvalue weighted by atomic mass is 9.93. The average Bonchev–Trinajstić information content (AvgIpc) is 3.00. The molecule has 23 heavy (non-hydrogen) atoms. The molecule has 0 aromatic heterocycles. The molecular formula is C18H24ClNO3. The van der Waals surface area contributed by atoms with E-state index >= 15 is 0 Å². The molecule has 3 atom stereocenters. The van der Waals surface area contributed by atoms with Crippen LogP contribution in [0.15, 0.2) is 24.3 Å². The molecule has 0 spiro atoms. The third kappa shape index (κ3) is 4.06. The third-order valence-corrected chi connectivity index (χ3v) is 5.30. The first-order valence-corrected chi connectivity index (χ1v) is 8.82. The number of rotatable bonds is 4. The molecule has 2 aliphatic rings. The molecule has 1 aromatic carbocycles. The maximum absolute atomic E-state index is 12.7. The molecule has 1 N–H and O–H groups in total. The fourth-order valence-corrected chi connectivity index (χ4v) is 3.88. The second-order valence-electron chi connectivity index (χ2n) is 6.52. The Morgan fingerprint density at radius 3 is 2.78 bits per heavy atom. The van der Waals surface area contributed by atoms with Crippen molar-refractivity contribution in [3.05, 3.63) is 34.9 Å². The molecule has 1 aromatic rings. The van der Waals surface area contributed by atoms with E-state index in [2.05, 4.69) is 0 Å². The first kappa shape index (κ1) is 16.7. The normalized spacial score (nSPS) is 28.1. The van der Waals surface area contributed by atoms with Crippen molar-refractivity contribution in [2.45, 2.75) is 44.2 Å². The van der Waals surface area contributed by atoms with Gasteiger partial charge in [-0.15, -0.1) is 0 Å². The van der Waals surface area contributed by atoms with E-state index < -0.39 is 0 Å². The van der Waals surface area contributed by atoms with E-state index in [0.717, 1.165) is 24.8 Å². The Kier molecular flexibility index (Phi) is 5.57. The van der Waals surface area contributed by atoms with E-state index in [9.17, 15) is 9.90 Å². The molecule has 0 radical (unpaired) electrons. The minimum Gasteiger partial charge on any atom is -0.393 e. The van der Waals surface area contributed by atoms with Crippen LogP contribution in [0, 0.1) is 5.92 Å². The molecule has 1 amide bonds. The summed E-state index contributed by atoms with van der Waals surface area (Å²) in [6.45, 7) is 1.77. The van der Waals surface area contributed by atoms with Gasteiger partial charge in [0.1, 0.15) is 0 Å². The highest BCUT2D eigenvalue weighted by Crippen LogP contribution is 2.32. The van der Waals surface area contributed by atoms with Gasteiger partial charge in [-0.3, -0.25) is 4.79 Å². The Balaban J connectivity index is 1.60. The van der Waals surface area contributed by atoms with Crippen molar-refractivity contribution in [2.75, 3.05) is 19.8 Å². The van der Waals surface area contributed by atoms with Crippen LogP contribution in [0.2, 0.25) is 5.02 Å². The van der Waals surface area contributed by atoms with Crippen molar-refractivity contribution in [1.82, 2.24) is 4.90 Å². The fraction of sp³-hybridized carbons (Fsp3) is 0.611. The summed E-state index contributed by atoms with van der Waals surface area (Å²) in [7, 11) is 0. The van der Waals surface area contributed by atoms with Crippen molar-refractivity contribution in [2.24, 2.45) is 5.92 Å². The highest BCUT2D eigenvalue weighted by molar-refractivity contribution is 6.30. The Morgan fingerprint density at radius 1 is 1.30 bits per heavy atom. The van der Waals surface area contributed by atoms with Gasteiger partial charge in [0.05, 0.1) is 25.4 Å². The quantitative estimate of drug-likeness (QED) is 0.919. The highest BCUT2D eigenvalue weighted by Gasteiger charge is 2.39. The van der Waals surface area contributed by atoms with Gasteiger partial charge in [-0.1, -0.05) is 30.2 Å². The molecule has 4 nitrogen and oxygen atoms in total. The van der Waals surface area contributed by atoms with Gasteiger partial charge in [-0.2, -0.15) is 0 Å². The van der Waals surface area contributed by atoms with Crippen LogP contribution in [-0.4, -0.2) is 47.8 Å². The lowest BCUT2D eigenvalue weighted by molar-refractivity contribution is -0.143. The molecule has 126 valence electrons. The topological polar surface area (TPSA) is 49.8 Å². The molecule has 1 aliphatic heterocycles. The number of hydrogen-bond donors (Lipinski definition) is 1. The zero-order valence-electron chi connectivity index (χ0n) is 13.3. The largest absolute Gasteiger partial charge is 0.393 e. The van der Waals surface area contributed by atoms with Crippen molar-refractivity contribution in [3.8, 4) is 0 Å². The SMILES string of the molecule is O=C(CCc1ccc(Cl)cc1)N1CCOC[C@@H]1[C@@H]1CCC[C@@H]1O. The zero-order chi connectivity index (χ0) is 16.2. The number of amides is 1. The molecule has 1 aliphatic carbocycles. The predicted molar refractivity (Wildman–Crippen MR) is 89.4 cm³/mol. The number of carbonyl (C=O) groups is 1. The van der Waals surface area contributed by atoms with Crippen molar-refractivity contribution in [3.63, 3.8) is 0 Å². The van der Waals surface area contributed by atoms with E-state index in [1.165, 1.54) is 0 Å². The summed E-state index contributed by atoms with van der Waals surface area (Å²) in [5.74, 6) is 0.321. The zero-order valence-corrected chi connectivity index (χ0v) is 14.0. The molecule has 1 saturated heterocycles. The van der Waals surface area contributed by atoms with E-state index in [1.807, 2.05) is 29.2 Å². The number of morpholine rings is 1. The second kappa shape index (κ2) is 7.65. The molecule has 3 rings (SSSR count). The standard InChI is InChI=1S/C18H24ClNO3/c19-14-7-4-13(5-8-14)6-9-18(22)20-10-11-23-12-16(20)15-2-1-3-17(15)21/h4-5,7-8,15-17,21H,1-3,6,9-12H2/t15-,16+,17-/m0/s1. The summed E-state index contributed by atoms with van der Waals surface area (Å²) in [4.78, 5) is 14.6. The van der Waals surface area contributed by atoms with E-state index in [4.69, 9.17) is 16.3 Å². The fourth-order valence-electron chi connectivity index (χ4n) is 3.75. The maximum atomic E-state index is 12.7. The lowest BCUT2D eigenvalue weighted by Crippen LogP contribution is -2.53. The number of aryl methyl sites for hydroxylation is 1. The van der Waals surface area contributed by atoms with Crippen LogP contribution in [0.3, 0.4) is 0 Å². The number of benzene rings is 1. The predicted octanol–water partition coefficient (Wildman–Crippen LogP) is 2.66. The van der Waals surface area contributed by atoms with Crippen molar-refractivity contribution >= 4 is 17.5 Å². The van der Waals surface area contributed by atoms with Gasteiger partial charge in [0.2, 0.25) is 5.91 Å². The summed E-state index contributed by atoms with van der Waals surface area (Å²) in [5.41, 5.74) is 1.12. The van der Waals surface area contributed by atoms with Crippen LogP contribution < -0.4 is 0 Å². The summed E-state index contributed by atoms with van der Waals surface area (Å²) >= 11 is 5.89. The van der Waals surface area contributed by atoms with Crippen LogP contribution in [0.25, 0.3) is 0 Å². The Hall–Kier alpha value is -1.10. The van der Waals surface area contributed by atoms with E-state index in [-0.39, 0.29) is 24.0 Å². The number of nitrogens with zero attached hydrogens (tertiary/aromatic N) is 1. The first-order chi connectivity index (χ1) is 11.1. The van der Waals surface area contributed by atoms with Crippen LogP contribution in [0.5, 0.6) is 0 Å². The van der Waals surface area contributed by atoms with Gasteiger partial charge in [0.25, 0.3) is 0 Å². The minimum atomic E-state index is -0.298. The van der Waals surface area contributed by atoms with Gasteiger partial charge in [-0.05, 0) is 37.0 Å². The molecular weight excluding hydrogens is 314 g/mol. The molecule has 2 fully saturated rings. The summed E-state index contributed by atoms with van der Waals surface area (Å²) < 4.78 is 5.58. The Bertz CT molecular complexity index is 534. The lowest BCUT2D eigenvalue weighted by Gasteiger charge is -2.40. The average molecular weight is 338 g/mol. The van der Waals surface area contributed by atoms with Crippen LogP contribution in [0.4, 0.5) is 0 Å². The van der Waals surface area contributed by atoms with Crippen molar-refractivity contribution < 1.29 is 14.6 Å². The minimum absolute atomic E-state index is 0.0268. The molecule has 0 unspecified atom stereocenters. The van der Waals surface area contributed by atoms with Gasteiger partial charge in [0, 0.05) is 23.9 Å². The number of aliphatic hydroxyl groups excluding tert-OH is 1. The molecule has 1 saturated carbocycles. The summed E-state index contributed by atoms with van der Waals surface area (Å²) in [6.07, 6.45) is 3.77.